The third-order valence-electron chi connectivity index (χ3n) is 3.72. The number of hydrogen-bond donors (Lipinski definition) is 1. The maximum absolute atomic E-state index is 13.3. The van der Waals surface area contributed by atoms with Crippen molar-refractivity contribution >= 4 is 11.4 Å². The topological polar surface area (TPSA) is 32.5 Å². The summed E-state index contributed by atoms with van der Waals surface area (Å²) < 4.78 is 13.3. The maximum Gasteiger partial charge on any atom is 0.127 e. The number of anilines is 2. The molecule has 0 saturated carbocycles. The molecule has 1 aliphatic heterocycles. The summed E-state index contributed by atoms with van der Waals surface area (Å²) in [6.45, 7) is 3.28. The van der Waals surface area contributed by atoms with Gasteiger partial charge in [0.2, 0.25) is 0 Å². The monoisotopic (exact) mass is 251 g/mol. The highest BCUT2D eigenvalue weighted by Gasteiger charge is 2.18. The Labute approximate surface area is 108 Å². The van der Waals surface area contributed by atoms with Crippen molar-refractivity contribution in [2.75, 3.05) is 44.4 Å². The third kappa shape index (κ3) is 3.35. The van der Waals surface area contributed by atoms with Crippen molar-refractivity contribution < 1.29 is 4.39 Å². The first-order valence-corrected chi connectivity index (χ1v) is 6.50. The Hall–Kier alpha value is -1.29. The summed E-state index contributed by atoms with van der Waals surface area (Å²) in [5.74, 6) is 0.427. The van der Waals surface area contributed by atoms with Gasteiger partial charge in [-0.3, -0.25) is 0 Å². The molecule has 4 heteroatoms. The summed E-state index contributed by atoms with van der Waals surface area (Å²) in [5.41, 5.74) is 7.03. The smallest absolute Gasteiger partial charge is 0.127 e. The fourth-order valence-corrected chi connectivity index (χ4v) is 2.55. The van der Waals surface area contributed by atoms with Crippen molar-refractivity contribution in [2.45, 2.75) is 12.8 Å². The molecule has 0 aromatic heterocycles. The molecule has 1 fully saturated rings. The number of rotatable bonds is 3. The highest BCUT2D eigenvalue weighted by atomic mass is 19.1. The van der Waals surface area contributed by atoms with E-state index in [0.717, 1.165) is 25.3 Å². The Morgan fingerprint density at radius 2 is 2.00 bits per heavy atom. The number of halogens is 1. The van der Waals surface area contributed by atoms with E-state index in [2.05, 4.69) is 16.8 Å². The summed E-state index contributed by atoms with van der Waals surface area (Å²) in [6, 6.07) is 4.73. The van der Waals surface area contributed by atoms with Crippen LogP contribution in [0, 0.1) is 11.7 Å². The number of nitrogens with two attached hydrogens (primary N) is 1. The van der Waals surface area contributed by atoms with Crippen molar-refractivity contribution in [1.29, 1.82) is 0 Å². The Morgan fingerprint density at radius 3 is 2.61 bits per heavy atom. The molecule has 2 rings (SSSR count). The largest absolute Gasteiger partial charge is 0.399 e. The summed E-state index contributed by atoms with van der Waals surface area (Å²) in [7, 11) is 4.17. The van der Waals surface area contributed by atoms with Crippen LogP contribution in [-0.2, 0) is 0 Å². The minimum atomic E-state index is -0.264. The van der Waals surface area contributed by atoms with Gasteiger partial charge in [0.15, 0.2) is 0 Å². The molecule has 18 heavy (non-hydrogen) atoms. The number of piperidine rings is 1. The highest BCUT2D eigenvalue weighted by molar-refractivity contribution is 5.56. The van der Waals surface area contributed by atoms with E-state index in [9.17, 15) is 4.39 Å². The second-order valence-corrected chi connectivity index (χ2v) is 5.37. The molecule has 0 radical (unpaired) electrons. The summed E-state index contributed by atoms with van der Waals surface area (Å²) >= 11 is 0. The van der Waals surface area contributed by atoms with E-state index < -0.39 is 0 Å². The van der Waals surface area contributed by atoms with Crippen molar-refractivity contribution in [3.8, 4) is 0 Å². The van der Waals surface area contributed by atoms with E-state index in [4.69, 9.17) is 5.73 Å². The van der Waals surface area contributed by atoms with Crippen molar-refractivity contribution in [1.82, 2.24) is 4.90 Å². The lowest BCUT2D eigenvalue weighted by Gasteiger charge is -2.32. The van der Waals surface area contributed by atoms with E-state index in [-0.39, 0.29) is 5.82 Å². The van der Waals surface area contributed by atoms with Gasteiger partial charge in [0.1, 0.15) is 5.82 Å². The zero-order chi connectivity index (χ0) is 13.1. The Bertz CT molecular complexity index is 380. The number of nitrogen functional groups attached to an aromatic ring is 1. The molecule has 2 N–H and O–H groups in total. The Morgan fingerprint density at radius 1 is 1.33 bits per heavy atom. The van der Waals surface area contributed by atoms with Crippen molar-refractivity contribution in [2.24, 2.45) is 5.92 Å². The fourth-order valence-electron chi connectivity index (χ4n) is 2.55. The van der Waals surface area contributed by atoms with Crippen LogP contribution in [0.5, 0.6) is 0 Å². The van der Waals surface area contributed by atoms with E-state index in [1.165, 1.54) is 18.9 Å². The molecule has 0 spiro atoms. The second kappa shape index (κ2) is 5.57. The molecule has 0 amide bonds. The molecular weight excluding hydrogens is 229 g/mol. The van der Waals surface area contributed by atoms with Gasteiger partial charge in [-0.25, -0.2) is 4.39 Å². The van der Waals surface area contributed by atoms with Crippen LogP contribution in [-0.4, -0.2) is 38.6 Å². The minimum absolute atomic E-state index is 0.264. The van der Waals surface area contributed by atoms with Gasteiger partial charge in [0.25, 0.3) is 0 Å². The molecule has 0 atom stereocenters. The molecule has 1 heterocycles. The van der Waals surface area contributed by atoms with Gasteiger partial charge < -0.3 is 15.5 Å². The zero-order valence-electron chi connectivity index (χ0n) is 11.2. The normalized spacial score (nSPS) is 17.9. The Balaban J connectivity index is 1.96. The van der Waals surface area contributed by atoms with Gasteiger partial charge in [-0.2, -0.15) is 0 Å². The van der Waals surface area contributed by atoms with Crippen LogP contribution >= 0.6 is 0 Å². The molecule has 0 unspecified atom stereocenters. The second-order valence-electron chi connectivity index (χ2n) is 5.37. The van der Waals surface area contributed by atoms with Gasteiger partial charge in [0, 0.05) is 25.0 Å². The molecule has 0 bridgehead atoms. The van der Waals surface area contributed by atoms with Crippen LogP contribution in [0.4, 0.5) is 15.8 Å². The molecule has 1 aliphatic rings. The molecule has 1 aromatic carbocycles. The van der Waals surface area contributed by atoms with Gasteiger partial charge in [-0.1, -0.05) is 0 Å². The molecule has 1 aromatic rings. The fraction of sp³-hybridized carbons (Fsp3) is 0.571. The summed E-state index contributed by atoms with van der Waals surface area (Å²) in [6.07, 6.45) is 2.43. The molecule has 1 saturated heterocycles. The van der Waals surface area contributed by atoms with Crippen LogP contribution in [0.3, 0.4) is 0 Å². The SMILES string of the molecule is CN1CCC(CN(C)c2cc(N)cc(F)c2)CC1. The van der Waals surface area contributed by atoms with Crippen molar-refractivity contribution in [3.05, 3.63) is 24.0 Å². The van der Waals surface area contributed by atoms with Crippen LogP contribution in [0.2, 0.25) is 0 Å². The van der Waals surface area contributed by atoms with E-state index in [0.29, 0.717) is 11.6 Å². The molecule has 0 aliphatic carbocycles. The molecule has 3 nitrogen and oxygen atoms in total. The van der Waals surface area contributed by atoms with Crippen LogP contribution in [0.25, 0.3) is 0 Å². The highest BCUT2D eigenvalue weighted by Crippen LogP contribution is 2.23. The summed E-state index contributed by atoms with van der Waals surface area (Å²) in [4.78, 5) is 4.46. The number of likely N-dealkylation sites (tertiary alicyclic amines) is 1. The number of nitrogens with zero attached hydrogens (tertiary/aromatic N) is 2. The lowest BCUT2D eigenvalue weighted by atomic mass is 9.96. The lowest BCUT2D eigenvalue weighted by Crippen LogP contribution is -2.35. The first-order chi connectivity index (χ1) is 8.54. The maximum atomic E-state index is 13.3. The van der Waals surface area contributed by atoms with Gasteiger partial charge in [0.05, 0.1) is 0 Å². The quantitative estimate of drug-likeness (QED) is 0.836. The van der Waals surface area contributed by atoms with Gasteiger partial charge in [-0.05, 0) is 57.1 Å². The predicted molar refractivity (Wildman–Crippen MR) is 74.3 cm³/mol. The standard InChI is InChI=1S/C14H22FN3/c1-17-5-3-11(4-6-17)10-18(2)14-8-12(15)7-13(16)9-14/h7-9,11H,3-6,10,16H2,1-2H3. The van der Waals surface area contributed by atoms with Gasteiger partial charge >= 0.3 is 0 Å². The first-order valence-electron chi connectivity index (χ1n) is 6.50. The zero-order valence-corrected chi connectivity index (χ0v) is 11.2. The van der Waals surface area contributed by atoms with Crippen LogP contribution in [0.15, 0.2) is 18.2 Å². The molecule has 100 valence electrons. The van der Waals surface area contributed by atoms with Crippen LogP contribution < -0.4 is 10.6 Å². The molecular formula is C14H22FN3. The Kier molecular flexibility index (Phi) is 4.07. The van der Waals surface area contributed by atoms with Gasteiger partial charge in [-0.15, -0.1) is 0 Å². The first kappa shape index (κ1) is 13.1. The van der Waals surface area contributed by atoms with E-state index in [1.807, 2.05) is 13.1 Å². The average Bonchev–Trinajstić information content (AvgIpc) is 2.31. The third-order valence-corrected chi connectivity index (χ3v) is 3.72. The van der Waals surface area contributed by atoms with E-state index >= 15 is 0 Å². The van der Waals surface area contributed by atoms with Crippen LogP contribution in [0.1, 0.15) is 12.8 Å². The minimum Gasteiger partial charge on any atom is -0.399 e. The van der Waals surface area contributed by atoms with Crippen molar-refractivity contribution in [3.63, 3.8) is 0 Å². The predicted octanol–water partition coefficient (Wildman–Crippen LogP) is 2.19. The number of benzene rings is 1. The lowest BCUT2D eigenvalue weighted by molar-refractivity contribution is 0.222. The number of hydrogen-bond acceptors (Lipinski definition) is 3. The summed E-state index contributed by atoms with van der Waals surface area (Å²) in [5, 5.41) is 0. The van der Waals surface area contributed by atoms with E-state index in [1.54, 1.807) is 6.07 Å². The average molecular weight is 251 g/mol.